The third-order valence-electron chi connectivity index (χ3n) is 4.38. The largest absolute Gasteiger partial charge is 0.619 e. The molecule has 2 aromatic rings. The summed E-state index contributed by atoms with van der Waals surface area (Å²) in [7, 11) is 0. The molecule has 3 rings (SSSR count). The third-order valence-corrected chi connectivity index (χ3v) is 4.38. The molecule has 1 aromatic heterocycles. The molecule has 1 heterocycles. The standard InChI is InChI=1S/C19H20N2O4/c1-13(25-19(23)15-9-11-21(24)12-10-15)18(22)20-17-8-4-6-14-5-2-3-7-16(14)17/h2-3,5,7,9-13,17H,4,6,8H2,1H3,(H,20,22)/t13-,17+/m1/s1. The molecule has 0 spiro atoms. The number of carbonyl (C=O) groups excluding carboxylic acids is 2. The van der Waals surface area contributed by atoms with E-state index >= 15 is 0 Å². The fraction of sp³-hybridized carbons (Fsp3) is 0.316. The Balaban J connectivity index is 1.62. The predicted octanol–water partition coefficient (Wildman–Crippen LogP) is 2.06. The van der Waals surface area contributed by atoms with Crippen LogP contribution in [0.4, 0.5) is 0 Å². The van der Waals surface area contributed by atoms with Crippen LogP contribution in [0.3, 0.4) is 0 Å². The van der Waals surface area contributed by atoms with Crippen LogP contribution in [0.15, 0.2) is 48.8 Å². The number of aryl methyl sites for hydroxylation is 1. The first-order valence-corrected chi connectivity index (χ1v) is 8.32. The molecule has 0 aliphatic heterocycles. The molecule has 1 aromatic carbocycles. The maximum atomic E-state index is 12.4. The van der Waals surface area contributed by atoms with Gasteiger partial charge in [-0.05, 0) is 37.3 Å². The van der Waals surface area contributed by atoms with E-state index in [9.17, 15) is 14.8 Å². The van der Waals surface area contributed by atoms with Gasteiger partial charge in [0.25, 0.3) is 5.91 Å². The zero-order chi connectivity index (χ0) is 17.8. The first kappa shape index (κ1) is 17.0. The van der Waals surface area contributed by atoms with E-state index in [0.29, 0.717) is 4.73 Å². The summed E-state index contributed by atoms with van der Waals surface area (Å²) in [6, 6.07) is 10.7. The van der Waals surface area contributed by atoms with Gasteiger partial charge in [-0.2, -0.15) is 4.73 Å². The molecular weight excluding hydrogens is 320 g/mol. The van der Waals surface area contributed by atoms with Crippen molar-refractivity contribution in [3.63, 3.8) is 0 Å². The van der Waals surface area contributed by atoms with Crippen LogP contribution < -0.4 is 10.0 Å². The Hall–Kier alpha value is -2.89. The number of nitrogens with one attached hydrogen (secondary N) is 1. The Kier molecular flexibility index (Phi) is 4.97. The van der Waals surface area contributed by atoms with Crippen molar-refractivity contribution in [1.29, 1.82) is 0 Å². The van der Waals surface area contributed by atoms with Crippen molar-refractivity contribution in [2.75, 3.05) is 0 Å². The maximum Gasteiger partial charge on any atom is 0.339 e. The van der Waals surface area contributed by atoms with Crippen LogP contribution in [0, 0.1) is 5.21 Å². The number of hydrogen-bond acceptors (Lipinski definition) is 4. The number of hydrogen-bond donors (Lipinski definition) is 1. The Morgan fingerprint density at radius 1 is 1.24 bits per heavy atom. The zero-order valence-corrected chi connectivity index (χ0v) is 14.0. The molecular formula is C19H20N2O4. The monoisotopic (exact) mass is 340 g/mol. The van der Waals surface area contributed by atoms with E-state index in [1.54, 1.807) is 6.92 Å². The average molecular weight is 340 g/mol. The van der Waals surface area contributed by atoms with Crippen molar-refractivity contribution >= 4 is 11.9 Å². The first-order chi connectivity index (χ1) is 12.0. The second kappa shape index (κ2) is 7.34. The number of nitrogens with zero attached hydrogens (tertiary/aromatic N) is 1. The molecule has 25 heavy (non-hydrogen) atoms. The molecule has 6 heteroatoms. The van der Waals surface area contributed by atoms with E-state index in [1.165, 1.54) is 30.1 Å². The predicted molar refractivity (Wildman–Crippen MR) is 90.5 cm³/mol. The van der Waals surface area contributed by atoms with E-state index in [1.807, 2.05) is 18.2 Å². The van der Waals surface area contributed by atoms with Crippen molar-refractivity contribution in [1.82, 2.24) is 5.32 Å². The molecule has 130 valence electrons. The number of benzene rings is 1. The Labute approximate surface area is 146 Å². The van der Waals surface area contributed by atoms with Gasteiger partial charge < -0.3 is 15.3 Å². The van der Waals surface area contributed by atoms with Crippen LogP contribution >= 0.6 is 0 Å². The van der Waals surface area contributed by atoms with Gasteiger partial charge in [-0.25, -0.2) is 4.79 Å². The fourth-order valence-electron chi connectivity index (χ4n) is 3.02. The Bertz CT molecular complexity index is 773. The summed E-state index contributed by atoms with van der Waals surface area (Å²) in [4.78, 5) is 24.4. The van der Waals surface area contributed by atoms with Crippen LogP contribution in [0.2, 0.25) is 0 Å². The molecule has 0 bridgehead atoms. The minimum Gasteiger partial charge on any atom is -0.619 e. The molecule has 1 amide bonds. The van der Waals surface area contributed by atoms with Crippen molar-refractivity contribution in [3.05, 3.63) is 70.7 Å². The summed E-state index contributed by atoms with van der Waals surface area (Å²) < 4.78 is 5.78. The van der Waals surface area contributed by atoms with Crippen molar-refractivity contribution in [3.8, 4) is 0 Å². The van der Waals surface area contributed by atoms with Crippen LogP contribution in [0.1, 0.15) is 47.3 Å². The normalized spacial score (nSPS) is 17.2. The van der Waals surface area contributed by atoms with Gasteiger partial charge in [-0.3, -0.25) is 4.79 Å². The second-order valence-corrected chi connectivity index (χ2v) is 6.15. The van der Waals surface area contributed by atoms with Gasteiger partial charge in [-0.1, -0.05) is 24.3 Å². The summed E-state index contributed by atoms with van der Waals surface area (Å²) in [6.07, 6.45) is 4.39. The summed E-state index contributed by atoms with van der Waals surface area (Å²) >= 11 is 0. The number of esters is 1. The van der Waals surface area contributed by atoms with Crippen molar-refractivity contribution < 1.29 is 19.1 Å². The van der Waals surface area contributed by atoms with Crippen LogP contribution in [0.25, 0.3) is 0 Å². The number of rotatable bonds is 4. The number of amides is 1. The second-order valence-electron chi connectivity index (χ2n) is 6.15. The van der Waals surface area contributed by atoms with Crippen LogP contribution in [-0.4, -0.2) is 18.0 Å². The summed E-state index contributed by atoms with van der Waals surface area (Å²) in [6.45, 7) is 1.54. The lowest BCUT2D eigenvalue weighted by Crippen LogP contribution is -2.39. The van der Waals surface area contributed by atoms with Gasteiger partial charge in [0, 0.05) is 12.1 Å². The molecule has 0 fully saturated rings. The quantitative estimate of drug-likeness (QED) is 0.525. The highest BCUT2D eigenvalue weighted by Gasteiger charge is 2.25. The molecule has 0 radical (unpaired) electrons. The molecule has 1 aliphatic rings. The number of carbonyl (C=O) groups is 2. The van der Waals surface area contributed by atoms with Gasteiger partial charge in [0.1, 0.15) is 0 Å². The van der Waals surface area contributed by atoms with Crippen LogP contribution in [0.5, 0.6) is 0 Å². The Morgan fingerprint density at radius 3 is 2.72 bits per heavy atom. The number of ether oxygens (including phenoxy) is 1. The summed E-state index contributed by atoms with van der Waals surface area (Å²) in [5.74, 6) is -0.961. The molecule has 2 atom stereocenters. The van der Waals surface area contributed by atoms with Gasteiger partial charge in [-0.15, -0.1) is 0 Å². The van der Waals surface area contributed by atoms with E-state index < -0.39 is 12.1 Å². The topological polar surface area (TPSA) is 82.3 Å². The van der Waals surface area contributed by atoms with E-state index in [2.05, 4.69) is 11.4 Å². The van der Waals surface area contributed by atoms with Gasteiger partial charge >= 0.3 is 5.97 Å². The van der Waals surface area contributed by atoms with Gasteiger partial charge in [0.15, 0.2) is 18.5 Å². The molecule has 1 N–H and O–H groups in total. The molecule has 6 nitrogen and oxygen atoms in total. The lowest BCUT2D eigenvalue weighted by atomic mass is 9.87. The molecule has 0 unspecified atom stereocenters. The third kappa shape index (κ3) is 3.96. The number of fused-ring (bicyclic) bond motifs is 1. The SMILES string of the molecule is C[C@@H](OC(=O)c1cc[n+]([O-])cc1)C(=O)N[C@H]1CCCc2ccccc21. The minimum atomic E-state index is -0.916. The highest BCUT2D eigenvalue weighted by molar-refractivity contribution is 5.92. The lowest BCUT2D eigenvalue weighted by Gasteiger charge is -2.27. The zero-order valence-electron chi connectivity index (χ0n) is 14.0. The van der Waals surface area contributed by atoms with E-state index in [-0.39, 0.29) is 17.5 Å². The smallest absolute Gasteiger partial charge is 0.339 e. The fourth-order valence-corrected chi connectivity index (χ4v) is 3.02. The maximum absolute atomic E-state index is 12.4. The molecule has 1 aliphatic carbocycles. The van der Waals surface area contributed by atoms with E-state index in [0.717, 1.165) is 24.8 Å². The van der Waals surface area contributed by atoms with Crippen LogP contribution in [-0.2, 0) is 16.0 Å². The molecule has 0 saturated heterocycles. The molecule has 0 saturated carbocycles. The summed E-state index contributed by atoms with van der Waals surface area (Å²) in [5.41, 5.74) is 2.61. The van der Waals surface area contributed by atoms with Crippen molar-refractivity contribution in [2.24, 2.45) is 0 Å². The van der Waals surface area contributed by atoms with Gasteiger partial charge in [0.05, 0.1) is 11.6 Å². The average Bonchev–Trinajstić information content (AvgIpc) is 2.62. The highest BCUT2D eigenvalue weighted by atomic mass is 16.5. The highest BCUT2D eigenvalue weighted by Crippen LogP contribution is 2.29. The Morgan fingerprint density at radius 2 is 1.96 bits per heavy atom. The lowest BCUT2D eigenvalue weighted by molar-refractivity contribution is -0.605. The van der Waals surface area contributed by atoms with Crippen molar-refractivity contribution in [2.45, 2.75) is 38.3 Å². The number of pyridine rings is 1. The minimum absolute atomic E-state index is 0.0604. The summed E-state index contributed by atoms with van der Waals surface area (Å²) in [5, 5.41) is 14.0. The van der Waals surface area contributed by atoms with Gasteiger partial charge in [0.2, 0.25) is 0 Å². The van der Waals surface area contributed by atoms with E-state index in [4.69, 9.17) is 4.74 Å². The number of aromatic nitrogens is 1. The first-order valence-electron chi connectivity index (χ1n) is 8.32.